The van der Waals surface area contributed by atoms with Crippen LogP contribution >= 0.6 is 0 Å². The molecule has 0 bridgehead atoms. The van der Waals surface area contributed by atoms with Gasteiger partial charge in [0.1, 0.15) is 16.4 Å². The molecule has 33 heavy (non-hydrogen) atoms. The van der Waals surface area contributed by atoms with Crippen molar-refractivity contribution in [3.63, 3.8) is 0 Å². The molecule has 180 valence electrons. The number of sulfonamides is 1. The summed E-state index contributed by atoms with van der Waals surface area (Å²) in [6, 6.07) is 12.7. The number of hydrogen-bond acceptors (Lipinski definition) is 5. The predicted octanol–water partition coefficient (Wildman–Crippen LogP) is 4.11. The highest BCUT2D eigenvalue weighted by atomic mass is 32.2. The Kier molecular flexibility index (Phi) is 8.02. The normalized spacial score (nSPS) is 16.4. The minimum Gasteiger partial charge on any atom is -0.496 e. The van der Waals surface area contributed by atoms with Gasteiger partial charge >= 0.3 is 0 Å². The van der Waals surface area contributed by atoms with E-state index in [1.807, 2.05) is 51.1 Å². The van der Waals surface area contributed by atoms with Gasteiger partial charge < -0.3 is 14.8 Å². The molecule has 2 aromatic rings. The second kappa shape index (κ2) is 10.6. The quantitative estimate of drug-likeness (QED) is 0.623. The number of ether oxygens (including phenoxy) is 2. The van der Waals surface area contributed by atoms with Crippen LogP contribution in [0.4, 0.5) is 0 Å². The number of nitrogens with zero attached hydrogens (tertiary/aromatic N) is 1. The highest BCUT2D eigenvalue weighted by Crippen LogP contribution is 2.33. The molecule has 1 aliphatic rings. The van der Waals surface area contributed by atoms with Crippen LogP contribution in [0.5, 0.6) is 11.5 Å². The van der Waals surface area contributed by atoms with Gasteiger partial charge in [0, 0.05) is 24.6 Å². The SMILES string of the molecule is COc1ccccc1[C@@H](C)NC(=O)C1CCN(S(=O)(=O)c2cc(C(C)C)ccc2OC)CC1. The number of piperidine rings is 1. The lowest BCUT2D eigenvalue weighted by atomic mass is 9.96. The van der Waals surface area contributed by atoms with Crippen LogP contribution in [0, 0.1) is 5.92 Å². The van der Waals surface area contributed by atoms with E-state index in [9.17, 15) is 13.2 Å². The number of rotatable bonds is 8. The minimum absolute atomic E-state index is 0.0650. The number of hydrogen-bond donors (Lipinski definition) is 1. The average molecular weight is 475 g/mol. The minimum atomic E-state index is -3.72. The van der Waals surface area contributed by atoms with Crippen LogP contribution in [-0.2, 0) is 14.8 Å². The maximum atomic E-state index is 13.4. The second-order valence-corrected chi connectivity index (χ2v) is 10.6. The van der Waals surface area contributed by atoms with Gasteiger partial charge in [-0.05, 0) is 49.4 Å². The van der Waals surface area contributed by atoms with Gasteiger partial charge in [0.15, 0.2) is 0 Å². The van der Waals surface area contributed by atoms with E-state index in [2.05, 4.69) is 5.32 Å². The maximum absolute atomic E-state index is 13.4. The zero-order valence-corrected chi connectivity index (χ0v) is 20.8. The van der Waals surface area contributed by atoms with Crippen molar-refractivity contribution < 1.29 is 22.7 Å². The van der Waals surface area contributed by atoms with Crippen LogP contribution in [0.15, 0.2) is 47.4 Å². The molecule has 1 N–H and O–H groups in total. The summed E-state index contributed by atoms with van der Waals surface area (Å²) in [7, 11) is -0.643. The van der Waals surface area contributed by atoms with Crippen LogP contribution in [0.1, 0.15) is 56.7 Å². The molecule has 1 atom stereocenters. The lowest BCUT2D eigenvalue weighted by molar-refractivity contribution is -0.126. The molecular formula is C25H34N2O5S. The smallest absolute Gasteiger partial charge is 0.246 e. The van der Waals surface area contributed by atoms with Crippen LogP contribution in [0.2, 0.25) is 0 Å². The molecule has 0 saturated carbocycles. The van der Waals surface area contributed by atoms with Gasteiger partial charge in [-0.15, -0.1) is 0 Å². The Morgan fingerprint density at radius 3 is 2.24 bits per heavy atom. The molecule has 2 aromatic carbocycles. The molecule has 0 aliphatic carbocycles. The Labute approximate surface area is 197 Å². The molecule has 0 aromatic heterocycles. The van der Waals surface area contributed by atoms with Crippen LogP contribution in [0.3, 0.4) is 0 Å². The van der Waals surface area contributed by atoms with Gasteiger partial charge in [-0.1, -0.05) is 38.1 Å². The average Bonchev–Trinajstić information content (AvgIpc) is 2.83. The summed E-state index contributed by atoms with van der Waals surface area (Å²) in [4.78, 5) is 13.1. The monoisotopic (exact) mass is 474 g/mol. The van der Waals surface area contributed by atoms with Crippen molar-refractivity contribution in [1.82, 2.24) is 9.62 Å². The summed E-state index contributed by atoms with van der Waals surface area (Å²) in [5, 5.41) is 3.06. The molecule has 0 unspecified atom stereocenters. The van der Waals surface area contributed by atoms with Crippen LogP contribution in [-0.4, -0.2) is 45.9 Å². The molecule has 7 nitrogen and oxygen atoms in total. The first-order chi connectivity index (χ1) is 15.7. The van der Waals surface area contributed by atoms with E-state index in [0.717, 1.165) is 16.9 Å². The van der Waals surface area contributed by atoms with E-state index in [4.69, 9.17) is 9.47 Å². The summed E-state index contributed by atoms with van der Waals surface area (Å²) < 4.78 is 39.0. The molecule has 3 rings (SSSR count). The topological polar surface area (TPSA) is 84.9 Å². The van der Waals surface area contributed by atoms with E-state index >= 15 is 0 Å². The first-order valence-corrected chi connectivity index (χ1v) is 12.7. The summed E-state index contributed by atoms with van der Waals surface area (Å²) >= 11 is 0. The lowest BCUT2D eigenvalue weighted by Gasteiger charge is -2.31. The second-order valence-electron chi connectivity index (χ2n) is 8.72. The van der Waals surface area contributed by atoms with Crippen molar-refractivity contribution in [3.05, 3.63) is 53.6 Å². The molecule has 1 fully saturated rings. The van der Waals surface area contributed by atoms with Gasteiger partial charge in [-0.2, -0.15) is 4.31 Å². The van der Waals surface area contributed by atoms with Crippen molar-refractivity contribution >= 4 is 15.9 Å². The van der Waals surface area contributed by atoms with E-state index in [0.29, 0.717) is 31.7 Å². The third kappa shape index (κ3) is 5.50. The number of para-hydroxylation sites is 1. The standard InChI is InChI=1S/C25H34N2O5S/c1-17(2)20-10-11-23(32-5)24(16-20)33(29,30)27-14-12-19(13-15-27)25(28)26-18(3)21-8-6-7-9-22(21)31-4/h6-11,16-19H,12-15H2,1-5H3,(H,26,28)/t18-/m1/s1. The molecule has 1 amide bonds. The largest absolute Gasteiger partial charge is 0.496 e. The lowest BCUT2D eigenvalue weighted by Crippen LogP contribution is -2.43. The zero-order valence-electron chi connectivity index (χ0n) is 20.0. The zero-order chi connectivity index (χ0) is 24.2. The number of nitrogens with one attached hydrogen (secondary N) is 1. The van der Waals surface area contributed by atoms with Gasteiger partial charge in [0.05, 0.1) is 20.3 Å². The van der Waals surface area contributed by atoms with E-state index in [1.165, 1.54) is 11.4 Å². The van der Waals surface area contributed by atoms with E-state index < -0.39 is 10.0 Å². The molecule has 1 aliphatic heterocycles. The molecule has 1 heterocycles. The number of benzene rings is 2. The third-order valence-corrected chi connectivity index (χ3v) is 8.18. The van der Waals surface area contributed by atoms with Crippen LogP contribution in [0.25, 0.3) is 0 Å². The Morgan fingerprint density at radius 2 is 1.64 bits per heavy atom. The molecule has 1 saturated heterocycles. The van der Waals surface area contributed by atoms with E-state index in [-0.39, 0.29) is 28.7 Å². The third-order valence-electron chi connectivity index (χ3n) is 6.26. The molecule has 8 heteroatoms. The number of carbonyl (C=O) groups is 1. The Bertz CT molecular complexity index is 1080. The van der Waals surface area contributed by atoms with Gasteiger partial charge in [-0.25, -0.2) is 8.42 Å². The molecular weight excluding hydrogens is 440 g/mol. The Hall–Kier alpha value is -2.58. The van der Waals surface area contributed by atoms with Gasteiger partial charge in [-0.3, -0.25) is 4.79 Å². The van der Waals surface area contributed by atoms with Gasteiger partial charge in [0.2, 0.25) is 15.9 Å². The molecule has 0 radical (unpaired) electrons. The molecule has 0 spiro atoms. The first-order valence-electron chi connectivity index (χ1n) is 11.3. The van der Waals surface area contributed by atoms with Crippen molar-refractivity contribution in [2.24, 2.45) is 5.92 Å². The summed E-state index contributed by atoms with van der Waals surface area (Å²) in [5.41, 5.74) is 1.85. The first kappa shape index (κ1) is 25.1. The van der Waals surface area contributed by atoms with Crippen molar-refractivity contribution in [2.45, 2.75) is 50.5 Å². The van der Waals surface area contributed by atoms with Crippen molar-refractivity contribution in [2.75, 3.05) is 27.3 Å². The summed E-state index contributed by atoms with van der Waals surface area (Å²) in [6.07, 6.45) is 0.936. The van der Waals surface area contributed by atoms with Crippen molar-refractivity contribution in [3.8, 4) is 11.5 Å². The fourth-order valence-electron chi connectivity index (χ4n) is 4.18. The number of amides is 1. The van der Waals surface area contributed by atoms with Crippen LogP contribution < -0.4 is 14.8 Å². The number of methoxy groups -OCH3 is 2. The Balaban J connectivity index is 1.68. The highest BCUT2D eigenvalue weighted by Gasteiger charge is 2.34. The predicted molar refractivity (Wildman–Crippen MR) is 128 cm³/mol. The van der Waals surface area contributed by atoms with E-state index in [1.54, 1.807) is 19.2 Å². The van der Waals surface area contributed by atoms with Gasteiger partial charge in [0.25, 0.3) is 0 Å². The summed E-state index contributed by atoms with van der Waals surface area (Å²) in [5.74, 6) is 0.959. The maximum Gasteiger partial charge on any atom is 0.246 e. The summed E-state index contributed by atoms with van der Waals surface area (Å²) in [6.45, 7) is 6.54. The number of carbonyl (C=O) groups excluding carboxylic acids is 1. The van der Waals surface area contributed by atoms with Crippen molar-refractivity contribution in [1.29, 1.82) is 0 Å². The Morgan fingerprint density at radius 1 is 1.00 bits per heavy atom. The highest BCUT2D eigenvalue weighted by molar-refractivity contribution is 7.89. The fraction of sp³-hybridized carbons (Fsp3) is 0.480. The fourth-order valence-corrected chi connectivity index (χ4v) is 5.84.